The zero-order valence-corrected chi connectivity index (χ0v) is 15.4. The van der Waals surface area contributed by atoms with Crippen LogP contribution in [0.1, 0.15) is 28.9 Å². The number of aryl methyl sites for hydroxylation is 1. The zero-order chi connectivity index (χ0) is 20.1. The van der Waals surface area contributed by atoms with Crippen LogP contribution in [0.5, 0.6) is 0 Å². The van der Waals surface area contributed by atoms with Gasteiger partial charge < -0.3 is 5.32 Å². The standard InChI is InChI=1S/C18H15ClF3N5O/c1-9-7-13(12-3-2-4-14(19)24-12)25-16-11(8-23-27(9)16)17(28)26-15(10-5-6-10)18(20,21)22/h2-4,7-8,10,15H,5-6H2,1H3,(H,26,28). The lowest BCUT2D eigenvalue weighted by Crippen LogP contribution is -2.46. The van der Waals surface area contributed by atoms with Crippen LogP contribution in [0.2, 0.25) is 5.15 Å². The lowest BCUT2D eigenvalue weighted by molar-refractivity contribution is -0.158. The first-order valence-electron chi connectivity index (χ1n) is 8.60. The maximum absolute atomic E-state index is 13.2. The van der Waals surface area contributed by atoms with Crippen LogP contribution in [0.4, 0.5) is 13.2 Å². The van der Waals surface area contributed by atoms with Gasteiger partial charge in [-0.1, -0.05) is 17.7 Å². The number of carbonyl (C=O) groups is 1. The average molecular weight is 410 g/mol. The van der Waals surface area contributed by atoms with Gasteiger partial charge in [0.25, 0.3) is 5.91 Å². The van der Waals surface area contributed by atoms with E-state index in [0.717, 1.165) is 0 Å². The van der Waals surface area contributed by atoms with Gasteiger partial charge in [-0.2, -0.15) is 18.3 Å². The van der Waals surface area contributed by atoms with Crippen LogP contribution >= 0.6 is 11.6 Å². The van der Waals surface area contributed by atoms with Crippen molar-refractivity contribution in [1.82, 2.24) is 24.9 Å². The summed E-state index contributed by atoms with van der Waals surface area (Å²) in [6.45, 7) is 1.75. The molecular formula is C18H15ClF3N5O. The van der Waals surface area contributed by atoms with Crippen LogP contribution in [0.3, 0.4) is 0 Å². The van der Waals surface area contributed by atoms with Crippen molar-refractivity contribution in [2.24, 2.45) is 5.92 Å². The molecule has 3 aromatic rings. The van der Waals surface area contributed by atoms with E-state index < -0.39 is 24.0 Å². The van der Waals surface area contributed by atoms with E-state index in [2.05, 4.69) is 20.4 Å². The molecule has 1 N–H and O–H groups in total. The highest BCUT2D eigenvalue weighted by Crippen LogP contribution is 2.40. The SMILES string of the molecule is Cc1cc(-c2cccc(Cl)n2)nc2c(C(=O)NC(C3CC3)C(F)(F)F)cnn12. The molecule has 0 spiro atoms. The Kier molecular flexibility index (Phi) is 4.49. The number of nitrogens with zero attached hydrogens (tertiary/aromatic N) is 4. The van der Waals surface area contributed by atoms with E-state index in [1.807, 2.05) is 0 Å². The number of aromatic nitrogens is 4. The van der Waals surface area contributed by atoms with Crippen molar-refractivity contribution in [2.75, 3.05) is 0 Å². The zero-order valence-electron chi connectivity index (χ0n) is 14.7. The van der Waals surface area contributed by atoms with Gasteiger partial charge in [-0.3, -0.25) is 4.79 Å². The van der Waals surface area contributed by atoms with E-state index in [-0.39, 0.29) is 16.4 Å². The normalized spacial score (nSPS) is 15.6. The Morgan fingerprint density at radius 1 is 1.29 bits per heavy atom. The number of amides is 1. The summed E-state index contributed by atoms with van der Waals surface area (Å²) in [5.41, 5.74) is 1.71. The fourth-order valence-electron chi connectivity index (χ4n) is 3.07. The number of fused-ring (bicyclic) bond motifs is 1. The summed E-state index contributed by atoms with van der Waals surface area (Å²) < 4.78 is 41.1. The molecule has 10 heteroatoms. The number of hydrogen-bond donors (Lipinski definition) is 1. The molecule has 4 rings (SSSR count). The van der Waals surface area contributed by atoms with Crippen molar-refractivity contribution >= 4 is 23.2 Å². The van der Waals surface area contributed by atoms with Crippen LogP contribution in [0.15, 0.2) is 30.5 Å². The van der Waals surface area contributed by atoms with Gasteiger partial charge in [0.1, 0.15) is 16.8 Å². The van der Waals surface area contributed by atoms with Crippen molar-refractivity contribution < 1.29 is 18.0 Å². The summed E-state index contributed by atoms with van der Waals surface area (Å²) in [5, 5.41) is 6.47. The van der Waals surface area contributed by atoms with Gasteiger partial charge in [0.2, 0.25) is 0 Å². The molecule has 3 aromatic heterocycles. The molecule has 0 radical (unpaired) electrons. The third-order valence-electron chi connectivity index (χ3n) is 4.60. The summed E-state index contributed by atoms with van der Waals surface area (Å²) in [6.07, 6.45) is -2.39. The van der Waals surface area contributed by atoms with Gasteiger partial charge in [-0.15, -0.1) is 0 Å². The molecule has 1 saturated carbocycles. The topological polar surface area (TPSA) is 72.2 Å². The highest BCUT2D eigenvalue weighted by Gasteiger charge is 2.49. The van der Waals surface area contributed by atoms with E-state index in [0.29, 0.717) is 29.9 Å². The second kappa shape index (κ2) is 6.73. The van der Waals surface area contributed by atoms with Crippen LogP contribution in [-0.4, -0.2) is 37.7 Å². The van der Waals surface area contributed by atoms with Crippen molar-refractivity contribution in [3.8, 4) is 11.4 Å². The van der Waals surface area contributed by atoms with Crippen LogP contribution in [0, 0.1) is 12.8 Å². The molecule has 0 aromatic carbocycles. The molecule has 0 saturated heterocycles. The molecule has 1 atom stereocenters. The van der Waals surface area contributed by atoms with Gasteiger partial charge in [-0.05, 0) is 43.9 Å². The molecule has 146 valence electrons. The van der Waals surface area contributed by atoms with Crippen molar-refractivity contribution in [3.05, 3.63) is 46.9 Å². The summed E-state index contributed by atoms with van der Waals surface area (Å²) >= 11 is 5.92. The number of halogens is 4. The first-order valence-corrected chi connectivity index (χ1v) is 8.98. The van der Waals surface area contributed by atoms with Crippen molar-refractivity contribution in [3.63, 3.8) is 0 Å². The smallest absolute Gasteiger partial charge is 0.340 e. The minimum absolute atomic E-state index is 0.0260. The number of alkyl halides is 3. The minimum atomic E-state index is -4.50. The fraction of sp³-hybridized carbons (Fsp3) is 0.333. The van der Waals surface area contributed by atoms with Crippen molar-refractivity contribution in [2.45, 2.75) is 32.0 Å². The minimum Gasteiger partial charge on any atom is -0.340 e. The number of nitrogens with one attached hydrogen (secondary N) is 1. The molecular weight excluding hydrogens is 395 g/mol. The molecule has 1 aliphatic carbocycles. The summed E-state index contributed by atoms with van der Waals surface area (Å²) in [6, 6.07) is 4.87. The molecule has 0 bridgehead atoms. The third kappa shape index (κ3) is 3.54. The number of pyridine rings is 1. The highest BCUT2D eigenvalue weighted by atomic mass is 35.5. The molecule has 1 unspecified atom stereocenters. The van der Waals surface area contributed by atoms with Crippen LogP contribution in [0.25, 0.3) is 17.0 Å². The number of carbonyl (C=O) groups excluding carboxylic acids is 1. The van der Waals surface area contributed by atoms with E-state index in [1.165, 1.54) is 10.7 Å². The molecule has 28 heavy (non-hydrogen) atoms. The first-order chi connectivity index (χ1) is 13.2. The van der Waals surface area contributed by atoms with E-state index in [9.17, 15) is 18.0 Å². The lowest BCUT2D eigenvalue weighted by Gasteiger charge is -2.20. The highest BCUT2D eigenvalue weighted by molar-refractivity contribution is 6.29. The predicted molar refractivity (Wildman–Crippen MR) is 96.0 cm³/mol. The number of rotatable bonds is 4. The third-order valence-corrected chi connectivity index (χ3v) is 4.82. The molecule has 1 aliphatic rings. The molecule has 6 nitrogen and oxygen atoms in total. The quantitative estimate of drug-likeness (QED) is 0.665. The maximum Gasteiger partial charge on any atom is 0.408 e. The second-order valence-corrected chi connectivity index (χ2v) is 7.14. The lowest BCUT2D eigenvalue weighted by atomic mass is 10.1. The number of hydrogen-bond acceptors (Lipinski definition) is 4. The van der Waals surface area contributed by atoms with Gasteiger partial charge in [0, 0.05) is 5.69 Å². The Labute approximate surface area is 162 Å². The van der Waals surface area contributed by atoms with Gasteiger partial charge >= 0.3 is 6.18 Å². The monoisotopic (exact) mass is 409 g/mol. The summed E-state index contributed by atoms with van der Waals surface area (Å²) in [7, 11) is 0. The molecule has 1 amide bonds. The van der Waals surface area contributed by atoms with Crippen LogP contribution in [-0.2, 0) is 0 Å². The van der Waals surface area contributed by atoms with Crippen LogP contribution < -0.4 is 5.32 Å². The maximum atomic E-state index is 13.2. The van der Waals surface area contributed by atoms with E-state index in [4.69, 9.17) is 11.6 Å². The predicted octanol–water partition coefficient (Wildman–Crippen LogP) is 3.82. The van der Waals surface area contributed by atoms with Gasteiger partial charge in [0.15, 0.2) is 5.65 Å². The first kappa shape index (κ1) is 18.7. The Morgan fingerprint density at radius 2 is 2.04 bits per heavy atom. The van der Waals surface area contributed by atoms with Gasteiger partial charge in [0.05, 0.1) is 17.6 Å². The van der Waals surface area contributed by atoms with Crippen molar-refractivity contribution in [1.29, 1.82) is 0 Å². The largest absolute Gasteiger partial charge is 0.408 e. The second-order valence-electron chi connectivity index (χ2n) is 6.75. The fourth-order valence-corrected chi connectivity index (χ4v) is 3.23. The molecule has 3 heterocycles. The Balaban J connectivity index is 1.72. The Hall–Kier alpha value is -2.68. The molecule has 1 fully saturated rings. The average Bonchev–Trinajstić information content (AvgIpc) is 3.36. The summed E-state index contributed by atoms with van der Waals surface area (Å²) in [4.78, 5) is 21.2. The molecule has 0 aliphatic heterocycles. The Bertz CT molecular complexity index is 1060. The van der Waals surface area contributed by atoms with E-state index in [1.54, 1.807) is 31.2 Å². The summed E-state index contributed by atoms with van der Waals surface area (Å²) in [5.74, 6) is -1.43. The Morgan fingerprint density at radius 3 is 2.68 bits per heavy atom. The van der Waals surface area contributed by atoms with Gasteiger partial charge in [-0.25, -0.2) is 14.5 Å². The van der Waals surface area contributed by atoms with E-state index >= 15 is 0 Å².